The van der Waals surface area contributed by atoms with E-state index in [4.69, 9.17) is 0 Å². The zero-order valence-corrected chi connectivity index (χ0v) is 8.39. The lowest BCUT2D eigenvalue weighted by atomic mass is 10.1. The Bertz CT molecular complexity index is 344. The Morgan fingerprint density at radius 2 is 2.17 bits per heavy atom. The van der Waals surface area contributed by atoms with Gasteiger partial charge in [-0.1, -0.05) is 18.2 Å². The monoisotopic (exact) mass is 177 g/mol. The van der Waals surface area contributed by atoms with Crippen LogP contribution in [0.2, 0.25) is 0 Å². The van der Waals surface area contributed by atoms with Crippen LogP contribution in [-0.4, -0.2) is 17.4 Å². The van der Waals surface area contributed by atoms with E-state index < -0.39 is 0 Å². The molecule has 12 heavy (non-hydrogen) atoms. The van der Waals surface area contributed by atoms with Gasteiger partial charge in [-0.15, -0.1) is 8.86 Å². The zero-order valence-electron chi connectivity index (χ0n) is 7.39. The van der Waals surface area contributed by atoms with E-state index in [1.54, 1.807) is 0 Å². The smallest absolute Gasteiger partial charge is 0.0453 e. The molecule has 1 heterocycles. The van der Waals surface area contributed by atoms with Crippen molar-refractivity contribution in [1.82, 2.24) is 4.90 Å². The fourth-order valence-corrected chi connectivity index (χ4v) is 2.16. The molecule has 0 bridgehead atoms. The van der Waals surface area contributed by atoms with Crippen LogP contribution in [0.3, 0.4) is 0 Å². The number of hydrogen-bond donors (Lipinski definition) is 0. The normalized spacial score (nSPS) is 16.7. The van der Waals surface area contributed by atoms with E-state index in [1.807, 2.05) is 0 Å². The lowest BCUT2D eigenvalue weighted by Gasteiger charge is -2.07. The van der Waals surface area contributed by atoms with Gasteiger partial charge in [0.05, 0.1) is 0 Å². The first-order valence-electron chi connectivity index (χ1n) is 4.08. The summed E-state index contributed by atoms with van der Waals surface area (Å²) in [5.74, 6) is 0. The fourth-order valence-electron chi connectivity index (χ4n) is 1.72. The second kappa shape index (κ2) is 2.69. The van der Waals surface area contributed by atoms with Crippen LogP contribution in [-0.2, 0) is 6.54 Å². The number of rotatable bonds is 0. The fraction of sp³-hybridized carbons (Fsp3) is 0.300. The third-order valence-electron chi connectivity index (χ3n) is 2.39. The first-order chi connectivity index (χ1) is 5.70. The molecule has 1 aromatic rings. The van der Waals surface area contributed by atoms with Crippen molar-refractivity contribution in [3.8, 4) is 0 Å². The van der Waals surface area contributed by atoms with Gasteiger partial charge in [0.2, 0.25) is 0 Å². The van der Waals surface area contributed by atoms with Crippen LogP contribution in [0, 0.1) is 6.92 Å². The number of aryl methyl sites for hydroxylation is 1. The Kier molecular flexibility index (Phi) is 1.79. The van der Waals surface area contributed by atoms with Crippen LogP contribution < -0.4 is 0 Å². The molecule has 0 N–H and O–H groups in total. The third-order valence-corrected chi connectivity index (χ3v) is 3.02. The molecule has 0 atom stereocenters. The van der Waals surface area contributed by atoms with Gasteiger partial charge in [-0.2, -0.15) is 0 Å². The highest BCUT2D eigenvalue weighted by molar-refractivity contribution is 7.22. The first kappa shape index (κ1) is 7.97. The van der Waals surface area contributed by atoms with Crippen LogP contribution in [0.1, 0.15) is 16.7 Å². The standard InChI is InChI=1S/C10H12NP/c1-7-4-3-5-8-6-11(2)10(12)9(7)8/h3-5,12H,6H2,1-2H3. The molecule has 0 unspecified atom stereocenters. The van der Waals surface area contributed by atoms with Gasteiger partial charge in [-0.3, -0.25) is 4.90 Å². The van der Waals surface area contributed by atoms with Crippen LogP contribution in [0.4, 0.5) is 0 Å². The molecule has 62 valence electrons. The maximum Gasteiger partial charge on any atom is 0.0453 e. The Morgan fingerprint density at radius 1 is 1.42 bits per heavy atom. The van der Waals surface area contributed by atoms with Crippen molar-refractivity contribution >= 4 is 14.3 Å². The average molecular weight is 177 g/mol. The van der Waals surface area contributed by atoms with Crippen molar-refractivity contribution < 1.29 is 0 Å². The molecule has 1 aliphatic rings. The molecule has 0 amide bonds. The van der Waals surface area contributed by atoms with Crippen molar-refractivity contribution in [1.29, 1.82) is 0 Å². The lowest BCUT2D eigenvalue weighted by Crippen LogP contribution is -2.16. The molecule has 2 heteroatoms. The van der Waals surface area contributed by atoms with Crippen molar-refractivity contribution in [2.24, 2.45) is 0 Å². The van der Waals surface area contributed by atoms with Crippen LogP contribution in [0.25, 0.3) is 0 Å². The molecule has 0 spiro atoms. The summed E-state index contributed by atoms with van der Waals surface area (Å²) in [4.78, 5) is 2.22. The van der Waals surface area contributed by atoms with Gasteiger partial charge in [-0.25, -0.2) is 0 Å². The summed E-state index contributed by atoms with van der Waals surface area (Å²) in [6.07, 6.45) is 0. The highest BCUT2D eigenvalue weighted by Crippen LogP contribution is 2.25. The quantitative estimate of drug-likeness (QED) is 0.548. The summed E-state index contributed by atoms with van der Waals surface area (Å²) in [7, 11) is 5.75. The van der Waals surface area contributed by atoms with Crippen LogP contribution in [0.15, 0.2) is 18.2 Å². The second-order valence-electron chi connectivity index (χ2n) is 3.31. The van der Waals surface area contributed by atoms with Crippen molar-refractivity contribution in [2.75, 3.05) is 7.05 Å². The molecule has 0 aliphatic carbocycles. The molecule has 0 aromatic heterocycles. The van der Waals surface area contributed by atoms with E-state index >= 15 is 0 Å². The van der Waals surface area contributed by atoms with Crippen LogP contribution >= 0.6 is 8.86 Å². The van der Waals surface area contributed by atoms with E-state index in [1.165, 1.54) is 22.1 Å². The Hall–Kier alpha value is -0.650. The molecular formula is C10H12NP. The first-order valence-corrected chi connectivity index (χ1v) is 4.58. The minimum atomic E-state index is 1.02. The summed E-state index contributed by atoms with van der Waals surface area (Å²) in [5.41, 5.74) is 5.35. The van der Waals surface area contributed by atoms with E-state index in [9.17, 15) is 0 Å². The number of fused-ring (bicyclic) bond motifs is 1. The van der Waals surface area contributed by atoms with Gasteiger partial charge >= 0.3 is 0 Å². The van der Waals surface area contributed by atoms with E-state index in [-0.39, 0.29) is 0 Å². The molecule has 2 rings (SSSR count). The summed E-state index contributed by atoms with van der Waals surface area (Å²) in [6.45, 7) is 3.17. The van der Waals surface area contributed by atoms with Gasteiger partial charge in [0.1, 0.15) is 0 Å². The lowest BCUT2D eigenvalue weighted by molar-refractivity contribution is 0.532. The minimum Gasteiger partial charge on any atom is -0.270 e. The zero-order chi connectivity index (χ0) is 8.72. The Labute approximate surface area is 75.2 Å². The topological polar surface area (TPSA) is 3.24 Å². The summed E-state index contributed by atoms with van der Waals surface area (Å²) in [5, 5.41) is 0. The van der Waals surface area contributed by atoms with Gasteiger partial charge in [0.15, 0.2) is 0 Å². The van der Waals surface area contributed by atoms with E-state index in [2.05, 4.69) is 45.9 Å². The summed E-state index contributed by atoms with van der Waals surface area (Å²) in [6, 6.07) is 6.46. The maximum absolute atomic E-state index is 3.65. The number of hydrogen-bond acceptors (Lipinski definition) is 0. The van der Waals surface area contributed by atoms with E-state index in [0.29, 0.717) is 0 Å². The summed E-state index contributed by atoms with van der Waals surface area (Å²) >= 11 is 0. The number of nitrogens with zero attached hydrogens (tertiary/aromatic N) is 1. The number of benzene rings is 1. The molecule has 1 nitrogen and oxygen atoms in total. The predicted octanol–water partition coefficient (Wildman–Crippen LogP) is 2.06. The predicted molar refractivity (Wildman–Crippen MR) is 55.1 cm³/mol. The Morgan fingerprint density at radius 3 is 2.83 bits per heavy atom. The second-order valence-corrected chi connectivity index (χ2v) is 3.79. The highest BCUT2D eigenvalue weighted by atomic mass is 31.0. The van der Waals surface area contributed by atoms with Gasteiger partial charge in [0.25, 0.3) is 0 Å². The maximum atomic E-state index is 3.65. The highest BCUT2D eigenvalue weighted by Gasteiger charge is 2.20. The third kappa shape index (κ3) is 1.01. The molecule has 0 radical (unpaired) electrons. The average Bonchev–Trinajstić information content (AvgIpc) is 2.29. The largest absolute Gasteiger partial charge is 0.270 e. The van der Waals surface area contributed by atoms with Gasteiger partial charge in [0, 0.05) is 17.5 Å². The molecular weight excluding hydrogens is 165 g/mol. The summed E-state index contributed by atoms with van der Waals surface area (Å²) < 4.78 is 0. The van der Waals surface area contributed by atoms with Gasteiger partial charge in [-0.05, 0) is 25.1 Å². The molecule has 0 saturated heterocycles. The van der Waals surface area contributed by atoms with Crippen molar-refractivity contribution in [2.45, 2.75) is 13.5 Å². The van der Waals surface area contributed by atoms with Crippen LogP contribution in [0.5, 0.6) is 0 Å². The van der Waals surface area contributed by atoms with Crippen molar-refractivity contribution in [3.05, 3.63) is 34.9 Å². The van der Waals surface area contributed by atoms with Gasteiger partial charge < -0.3 is 0 Å². The molecule has 0 fully saturated rings. The minimum absolute atomic E-state index is 1.02. The molecule has 1 aromatic carbocycles. The van der Waals surface area contributed by atoms with Crippen molar-refractivity contribution in [3.63, 3.8) is 0 Å². The molecule has 0 saturated carbocycles. The molecule has 1 aliphatic heterocycles. The van der Waals surface area contributed by atoms with E-state index in [0.717, 1.165) is 6.54 Å². The Balaban J connectivity index is 2.62. The SMILES string of the molecule is Cc1cccc2c1C(=P)N(C)C2.